The van der Waals surface area contributed by atoms with Gasteiger partial charge in [-0.2, -0.15) is 0 Å². The lowest BCUT2D eigenvalue weighted by Crippen LogP contribution is -2.23. The molecule has 0 N–H and O–H groups in total. The number of benzene rings is 2. The van der Waals surface area contributed by atoms with Gasteiger partial charge in [0.25, 0.3) is 5.91 Å². The van der Waals surface area contributed by atoms with E-state index in [1.165, 1.54) is 11.0 Å². The van der Waals surface area contributed by atoms with Crippen LogP contribution in [0.25, 0.3) is 5.69 Å². The third kappa shape index (κ3) is 4.14. The van der Waals surface area contributed by atoms with Gasteiger partial charge in [0.2, 0.25) is 0 Å². The number of halogens is 1. The number of fused-ring (bicyclic) bond motifs is 3. The average Bonchev–Trinajstić information content (AvgIpc) is 3.09. The quantitative estimate of drug-likeness (QED) is 0.437. The number of carbonyl (C=O) groups excluding carboxylic acids is 1. The molecule has 1 amide bonds. The lowest BCUT2D eigenvalue weighted by Gasteiger charge is -2.13. The summed E-state index contributed by atoms with van der Waals surface area (Å²) >= 11 is 0. The molecule has 0 atom stereocenters. The predicted molar refractivity (Wildman–Crippen MR) is 128 cm³/mol. The summed E-state index contributed by atoms with van der Waals surface area (Å²) in [5, 5.41) is 0. The van der Waals surface area contributed by atoms with Crippen LogP contribution >= 0.6 is 0 Å². The van der Waals surface area contributed by atoms with Crippen LogP contribution in [-0.2, 0) is 6.54 Å². The van der Waals surface area contributed by atoms with Gasteiger partial charge in [-0.25, -0.2) is 9.37 Å². The lowest BCUT2D eigenvalue weighted by atomic mass is 9.98. The molecule has 2 heterocycles. The number of hydrogen-bond acceptors (Lipinski definition) is 3. The van der Waals surface area contributed by atoms with Gasteiger partial charge in [-0.15, -0.1) is 5.54 Å². The standard InChI is InChI=1S/C25H25FN4OSi/c1-29(2)25(31)24-22-15-27-23(18-8-6-7-9-20(18)26)19-14-17(12-13-32(3,4)5)10-11-21(19)30(22)16-28-24/h6-11,14,16H,15H2,1-5H3. The summed E-state index contributed by atoms with van der Waals surface area (Å²) in [7, 11) is 1.82. The van der Waals surface area contributed by atoms with E-state index >= 15 is 0 Å². The molecule has 0 saturated heterocycles. The average molecular weight is 445 g/mol. The number of nitrogens with zero attached hydrogens (tertiary/aromatic N) is 4. The third-order valence-corrected chi connectivity index (χ3v) is 5.96. The van der Waals surface area contributed by atoms with E-state index in [0.29, 0.717) is 22.7 Å². The highest BCUT2D eigenvalue weighted by atomic mass is 28.3. The van der Waals surface area contributed by atoms with Gasteiger partial charge in [0, 0.05) is 30.8 Å². The van der Waals surface area contributed by atoms with Crippen molar-refractivity contribution < 1.29 is 9.18 Å². The van der Waals surface area contributed by atoms with E-state index in [1.54, 1.807) is 38.6 Å². The molecule has 0 unspecified atom stereocenters. The molecule has 1 aliphatic heterocycles. The summed E-state index contributed by atoms with van der Waals surface area (Å²) in [6.45, 7) is 6.79. The Morgan fingerprint density at radius 2 is 1.88 bits per heavy atom. The first-order chi connectivity index (χ1) is 15.2. The molecule has 0 bridgehead atoms. The van der Waals surface area contributed by atoms with Crippen LogP contribution in [0.4, 0.5) is 4.39 Å². The van der Waals surface area contributed by atoms with Crippen molar-refractivity contribution in [2.24, 2.45) is 4.99 Å². The highest BCUT2D eigenvalue weighted by Gasteiger charge is 2.26. The number of carbonyl (C=O) groups is 1. The zero-order valence-electron chi connectivity index (χ0n) is 18.9. The first kappa shape index (κ1) is 21.7. The Kier molecular flexibility index (Phi) is 5.57. The van der Waals surface area contributed by atoms with Gasteiger partial charge in [-0.1, -0.05) is 37.7 Å². The molecule has 3 aromatic rings. The molecule has 7 heteroatoms. The summed E-state index contributed by atoms with van der Waals surface area (Å²) in [5.41, 5.74) is 7.78. The second-order valence-corrected chi connectivity index (χ2v) is 13.7. The first-order valence-corrected chi connectivity index (χ1v) is 13.9. The lowest BCUT2D eigenvalue weighted by molar-refractivity contribution is 0.0821. The summed E-state index contributed by atoms with van der Waals surface area (Å²) in [5.74, 6) is 2.75. The fourth-order valence-electron chi connectivity index (χ4n) is 3.52. The van der Waals surface area contributed by atoms with E-state index in [0.717, 1.165) is 16.8 Å². The Labute approximate surface area is 188 Å². The zero-order chi connectivity index (χ0) is 23.0. The van der Waals surface area contributed by atoms with Gasteiger partial charge in [0.05, 0.1) is 23.6 Å². The molecular formula is C25H25FN4OSi. The molecule has 0 spiro atoms. The van der Waals surface area contributed by atoms with Crippen molar-refractivity contribution in [2.45, 2.75) is 26.2 Å². The van der Waals surface area contributed by atoms with E-state index in [9.17, 15) is 9.18 Å². The molecule has 2 aromatic carbocycles. The first-order valence-electron chi connectivity index (χ1n) is 10.4. The van der Waals surface area contributed by atoms with Crippen molar-refractivity contribution in [1.82, 2.24) is 14.5 Å². The Morgan fingerprint density at radius 3 is 2.56 bits per heavy atom. The van der Waals surface area contributed by atoms with E-state index in [2.05, 4.69) is 36.1 Å². The molecule has 0 fully saturated rings. The summed E-state index contributed by atoms with van der Waals surface area (Å²) < 4.78 is 16.7. The van der Waals surface area contributed by atoms with Crippen LogP contribution < -0.4 is 0 Å². The second-order valence-electron chi connectivity index (χ2n) is 8.99. The maximum atomic E-state index is 14.8. The normalized spacial score (nSPS) is 12.6. The summed E-state index contributed by atoms with van der Waals surface area (Å²) in [6.07, 6.45) is 1.64. The van der Waals surface area contributed by atoms with Crippen LogP contribution in [0, 0.1) is 17.3 Å². The van der Waals surface area contributed by atoms with Crippen molar-refractivity contribution >= 4 is 19.7 Å². The zero-order valence-corrected chi connectivity index (χ0v) is 19.9. The topological polar surface area (TPSA) is 50.5 Å². The largest absolute Gasteiger partial charge is 0.343 e. The summed E-state index contributed by atoms with van der Waals surface area (Å²) in [6, 6.07) is 12.5. The van der Waals surface area contributed by atoms with Crippen LogP contribution in [-0.4, -0.2) is 48.2 Å². The monoisotopic (exact) mass is 444 g/mol. The van der Waals surface area contributed by atoms with Gasteiger partial charge in [-0.05, 0) is 30.3 Å². The maximum absolute atomic E-state index is 14.8. The number of amides is 1. The minimum Gasteiger partial charge on any atom is -0.343 e. The van der Waals surface area contributed by atoms with E-state index in [4.69, 9.17) is 4.99 Å². The SMILES string of the molecule is CN(C)C(=O)c1ncn2c1CN=C(c1ccccc1F)c1cc(C#C[Si](C)(C)C)ccc1-2. The fraction of sp³-hybridized carbons (Fsp3) is 0.240. The number of aromatic nitrogens is 2. The Balaban J connectivity index is 1.95. The molecule has 162 valence electrons. The highest BCUT2D eigenvalue weighted by molar-refractivity contribution is 6.83. The maximum Gasteiger partial charge on any atom is 0.273 e. The van der Waals surface area contributed by atoms with Crippen LogP contribution in [0.1, 0.15) is 32.9 Å². The van der Waals surface area contributed by atoms with Gasteiger partial charge < -0.3 is 4.90 Å². The van der Waals surface area contributed by atoms with Crippen molar-refractivity contribution in [2.75, 3.05) is 14.1 Å². The van der Waals surface area contributed by atoms with Gasteiger partial charge >= 0.3 is 0 Å². The Morgan fingerprint density at radius 1 is 1.12 bits per heavy atom. The van der Waals surface area contributed by atoms with Gasteiger partial charge in [-0.3, -0.25) is 14.4 Å². The molecule has 1 aromatic heterocycles. The van der Waals surface area contributed by atoms with Crippen LogP contribution in [0.15, 0.2) is 53.8 Å². The number of aliphatic imine (C=N–C) groups is 1. The smallest absolute Gasteiger partial charge is 0.273 e. The molecule has 32 heavy (non-hydrogen) atoms. The van der Waals surface area contributed by atoms with E-state index in [-0.39, 0.29) is 18.3 Å². The van der Waals surface area contributed by atoms with Crippen molar-refractivity contribution in [3.8, 4) is 17.2 Å². The van der Waals surface area contributed by atoms with Crippen LogP contribution in [0.3, 0.4) is 0 Å². The predicted octanol–water partition coefficient (Wildman–Crippen LogP) is 4.29. The Bertz CT molecular complexity index is 1310. The number of imidazole rings is 1. The summed E-state index contributed by atoms with van der Waals surface area (Å²) in [4.78, 5) is 23.3. The fourth-order valence-corrected chi connectivity index (χ4v) is 4.04. The van der Waals surface area contributed by atoms with E-state index in [1.807, 2.05) is 22.8 Å². The minimum absolute atomic E-state index is 0.192. The Hall–Kier alpha value is -3.50. The number of rotatable bonds is 2. The molecule has 0 saturated carbocycles. The second kappa shape index (κ2) is 8.21. The number of hydrogen-bond donors (Lipinski definition) is 0. The van der Waals surface area contributed by atoms with Crippen molar-refractivity contribution in [1.29, 1.82) is 0 Å². The third-order valence-electron chi connectivity index (χ3n) is 5.08. The minimum atomic E-state index is -1.56. The van der Waals surface area contributed by atoms with Gasteiger partial charge in [0.1, 0.15) is 20.2 Å². The van der Waals surface area contributed by atoms with Crippen molar-refractivity contribution in [3.05, 3.63) is 82.7 Å². The van der Waals surface area contributed by atoms with Crippen LogP contribution in [0.2, 0.25) is 19.6 Å². The molecular weight excluding hydrogens is 419 g/mol. The molecule has 5 nitrogen and oxygen atoms in total. The highest BCUT2D eigenvalue weighted by Crippen LogP contribution is 2.28. The molecule has 1 aliphatic rings. The molecule has 0 aliphatic carbocycles. The molecule has 0 radical (unpaired) electrons. The van der Waals surface area contributed by atoms with E-state index < -0.39 is 8.07 Å². The molecule has 4 rings (SSSR count). The van der Waals surface area contributed by atoms with Gasteiger partial charge in [0.15, 0.2) is 5.69 Å². The van der Waals surface area contributed by atoms with Crippen molar-refractivity contribution in [3.63, 3.8) is 0 Å². The van der Waals surface area contributed by atoms with Crippen LogP contribution in [0.5, 0.6) is 0 Å².